The Morgan fingerprint density at radius 1 is 1.29 bits per heavy atom. The summed E-state index contributed by atoms with van der Waals surface area (Å²) in [4.78, 5) is 35.3. The lowest BCUT2D eigenvalue weighted by molar-refractivity contribution is -0.140. The maximum absolute atomic E-state index is 13.2. The summed E-state index contributed by atoms with van der Waals surface area (Å²) in [6, 6.07) is 0. The molecule has 0 aromatic carbocycles. The number of thiazole rings is 1. The fourth-order valence-electron chi connectivity index (χ4n) is 3.34. The largest absolute Gasteiger partial charge is 0.308 e. The van der Waals surface area contributed by atoms with E-state index in [0.717, 1.165) is 21.2 Å². The molecule has 2 heterocycles. The number of amides is 2. The quantitative estimate of drug-likeness (QED) is 0.498. The van der Waals surface area contributed by atoms with Crippen LogP contribution in [0.1, 0.15) is 22.5 Å². The standard InChI is InChI=1S/C25H27N3O2S/c1-6-10-18(11-7-2)23-26-21-16-20-17(3)19(12-8-9-13-22(21)31-23)24(29)28(25(20)30)15-14-27(4)5/h6-12,16H,1,3,13-15H2,2,4-5H3/b9-8-,11-7-,18-10+,19-12+,20-16+. The van der Waals surface area contributed by atoms with Crippen LogP contribution < -0.4 is 0 Å². The number of carbonyl (C=O) groups is 2. The van der Waals surface area contributed by atoms with Crippen LogP contribution in [0.2, 0.25) is 0 Å². The summed E-state index contributed by atoms with van der Waals surface area (Å²) in [5, 5.41) is 0.857. The molecule has 31 heavy (non-hydrogen) atoms. The highest BCUT2D eigenvalue weighted by Crippen LogP contribution is 2.34. The van der Waals surface area contributed by atoms with E-state index in [1.54, 1.807) is 29.6 Å². The summed E-state index contributed by atoms with van der Waals surface area (Å²) in [6.45, 7) is 10.7. The second kappa shape index (κ2) is 9.81. The van der Waals surface area contributed by atoms with Crippen molar-refractivity contribution in [2.75, 3.05) is 27.2 Å². The first-order valence-corrected chi connectivity index (χ1v) is 10.9. The van der Waals surface area contributed by atoms with Crippen molar-refractivity contribution in [1.82, 2.24) is 14.8 Å². The summed E-state index contributed by atoms with van der Waals surface area (Å²) in [5.41, 5.74) is 3.00. The molecule has 0 radical (unpaired) electrons. The Kier molecular flexibility index (Phi) is 7.15. The third-order valence-corrected chi connectivity index (χ3v) is 6.12. The second-order valence-electron chi connectivity index (χ2n) is 7.50. The molecule has 160 valence electrons. The number of allylic oxidation sites excluding steroid dienone is 8. The fourth-order valence-corrected chi connectivity index (χ4v) is 4.36. The van der Waals surface area contributed by atoms with Crippen LogP contribution in [0, 0.1) is 0 Å². The minimum Gasteiger partial charge on any atom is -0.308 e. The van der Waals surface area contributed by atoms with Crippen molar-refractivity contribution in [3.63, 3.8) is 0 Å². The normalized spacial score (nSPS) is 21.6. The van der Waals surface area contributed by atoms with E-state index in [9.17, 15) is 9.59 Å². The van der Waals surface area contributed by atoms with Crippen LogP contribution in [-0.4, -0.2) is 53.8 Å². The summed E-state index contributed by atoms with van der Waals surface area (Å²) >= 11 is 1.59. The van der Waals surface area contributed by atoms with Gasteiger partial charge in [-0.1, -0.05) is 49.6 Å². The molecule has 1 aliphatic carbocycles. The van der Waals surface area contributed by atoms with Gasteiger partial charge in [-0.05, 0) is 38.7 Å². The van der Waals surface area contributed by atoms with Gasteiger partial charge in [0.25, 0.3) is 11.8 Å². The molecule has 0 spiro atoms. The summed E-state index contributed by atoms with van der Waals surface area (Å²) in [5.74, 6) is -0.628. The molecule has 0 atom stereocenters. The monoisotopic (exact) mass is 433 g/mol. The predicted molar refractivity (Wildman–Crippen MR) is 128 cm³/mol. The molecule has 2 bridgehead atoms. The number of fused-ring (bicyclic) bond motifs is 3. The van der Waals surface area contributed by atoms with Gasteiger partial charge < -0.3 is 4.90 Å². The van der Waals surface area contributed by atoms with E-state index in [4.69, 9.17) is 4.98 Å². The second-order valence-corrected chi connectivity index (χ2v) is 8.58. The number of hydrogen-bond acceptors (Lipinski definition) is 5. The van der Waals surface area contributed by atoms with Crippen LogP contribution >= 0.6 is 11.3 Å². The number of carbonyl (C=O) groups excluding carboxylic acids is 2. The van der Waals surface area contributed by atoms with Crippen molar-refractivity contribution in [3.05, 3.63) is 88.0 Å². The number of nitrogens with zero attached hydrogens (tertiary/aromatic N) is 3. The van der Waals surface area contributed by atoms with Gasteiger partial charge in [0.1, 0.15) is 5.01 Å². The smallest absolute Gasteiger partial charge is 0.261 e. The fraction of sp³-hybridized carbons (Fsp3) is 0.240. The number of hydrogen-bond donors (Lipinski definition) is 0. The molecular formula is C25H27N3O2S. The Morgan fingerprint density at radius 3 is 2.71 bits per heavy atom. The molecule has 0 unspecified atom stereocenters. The Morgan fingerprint density at radius 2 is 2.03 bits per heavy atom. The Bertz CT molecular complexity index is 1080. The molecule has 1 saturated heterocycles. The van der Waals surface area contributed by atoms with Crippen molar-refractivity contribution < 1.29 is 9.59 Å². The first kappa shape index (κ1) is 22.6. The average Bonchev–Trinajstić information content (AvgIpc) is 3.12. The Hall–Kier alpha value is -3.09. The molecule has 1 fully saturated rings. The van der Waals surface area contributed by atoms with Gasteiger partial charge in [0.2, 0.25) is 0 Å². The molecule has 6 heteroatoms. The van der Waals surface area contributed by atoms with Crippen molar-refractivity contribution in [3.8, 4) is 0 Å². The number of likely N-dealkylation sites (N-methyl/N-ethyl adjacent to an activating group) is 1. The number of likely N-dealkylation sites (tertiary alicyclic amines) is 1. The van der Waals surface area contributed by atoms with Gasteiger partial charge >= 0.3 is 0 Å². The molecule has 1 aromatic heterocycles. The third kappa shape index (κ3) is 4.81. The van der Waals surface area contributed by atoms with Gasteiger partial charge in [0.15, 0.2) is 0 Å². The van der Waals surface area contributed by atoms with E-state index >= 15 is 0 Å². The topological polar surface area (TPSA) is 53.5 Å². The number of rotatable bonds is 6. The first-order valence-electron chi connectivity index (χ1n) is 10.1. The van der Waals surface area contributed by atoms with Gasteiger partial charge in [-0.15, -0.1) is 11.3 Å². The molecule has 3 rings (SSSR count). The number of imide groups is 1. The Balaban J connectivity index is 2.12. The van der Waals surface area contributed by atoms with E-state index in [1.807, 2.05) is 56.3 Å². The highest BCUT2D eigenvalue weighted by Gasteiger charge is 2.36. The third-order valence-electron chi connectivity index (χ3n) is 4.97. The first-order chi connectivity index (χ1) is 14.9. The summed E-state index contributed by atoms with van der Waals surface area (Å²) in [7, 11) is 3.82. The molecule has 0 saturated carbocycles. The molecule has 1 aromatic rings. The maximum atomic E-state index is 13.2. The van der Waals surface area contributed by atoms with Crippen LogP contribution in [-0.2, 0) is 16.0 Å². The zero-order valence-electron chi connectivity index (χ0n) is 18.2. The Labute approximate surface area is 187 Å². The predicted octanol–water partition coefficient (Wildman–Crippen LogP) is 4.20. The van der Waals surface area contributed by atoms with Gasteiger partial charge in [-0.25, -0.2) is 4.98 Å². The van der Waals surface area contributed by atoms with E-state index in [1.165, 1.54) is 4.90 Å². The maximum Gasteiger partial charge on any atom is 0.261 e. The molecule has 2 aliphatic rings. The number of aromatic nitrogens is 1. The van der Waals surface area contributed by atoms with Crippen LogP contribution in [0.15, 0.2) is 72.4 Å². The van der Waals surface area contributed by atoms with E-state index in [-0.39, 0.29) is 11.8 Å². The highest BCUT2D eigenvalue weighted by molar-refractivity contribution is 7.13. The minimum absolute atomic E-state index is 0.303. The number of piperidine rings is 1. The van der Waals surface area contributed by atoms with Crippen molar-refractivity contribution in [2.45, 2.75) is 13.3 Å². The summed E-state index contributed by atoms with van der Waals surface area (Å²) in [6.07, 6.45) is 15.7. The van der Waals surface area contributed by atoms with E-state index in [0.29, 0.717) is 36.2 Å². The van der Waals surface area contributed by atoms with Gasteiger partial charge in [-0.2, -0.15) is 0 Å². The summed E-state index contributed by atoms with van der Waals surface area (Å²) < 4.78 is 0. The minimum atomic E-state index is -0.325. The van der Waals surface area contributed by atoms with Gasteiger partial charge in [0.05, 0.1) is 5.69 Å². The molecular weight excluding hydrogens is 406 g/mol. The van der Waals surface area contributed by atoms with Crippen LogP contribution in [0.4, 0.5) is 0 Å². The lowest BCUT2D eigenvalue weighted by Gasteiger charge is -2.30. The SMILES string of the molecule is C=C/C=C(\C=C/C)c1nc2c(s1)C/C=C\C=C1/C(=C)/C(=C\2)C(=O)N(CCN(C)C)C1=O. The molecule has 0 N–H and O–H groups in total. The van der Waals surface area contributed by atoms with Crippen LogP contribution in [0.5, 0.6) is 0 Å². The van der Waals surface area contributed by atoms with Crippen molar-refractivity contribution in [2.24, 2.45) is 0 Å². The molecule has 1 aliphatic heterocycles. The average molecular weight is 434 g/mol. The highest BCUT2D eigenvalue weighted by atomic mass is 32.1. The van der Waals surface area contributed by atoms with E-state index < -0.39 is 0 Å². The van der Waals surface area contributed by atoms with Crippen LogP contribution in [0.25, 0.3) is 11.6 Å². The lowest BCUT2D eigenvalue weighted by atomic mass is 9.90. The zero-order valence-corrected chi connectivity index (χ0v) is 19.0. The van der Waals surface area contributed by atoms with Crippen molar-refractivity contribution in [1.29, 1.82) is 0 Å². The van der Waals surface area contributed by atoms with Gasteiger partial charge in [0, 0.05) is 41.1 Å². The molecule has 2 amide bonds. The van der Waals surface area contributed by atoms with Crippen molar-refractivity contribution >= 4 is 34.8 Å². The van der Waals surface area contributed by atoms with Crippen LogP contribution in [0.3, 0.4) is 0 Å². The van der Waals surface area contributed by atoms with Gasteiger partial charge in [-0.3, -0.25) is 14.5 Å². The van der Waals surface area contributed by atoms with E-state index in [2.05, 4.69) is 13.2 Å². The lowest BCUT2D eigenvalue weighted by Crippen LogP contribution is -2.46. The molecule has 5 nitrogen and oxygen atoms in total. The zero-order chi connectivity index (χ0) is 22.5.